The molecule has 1 amide bonds. The van der Waals surface area contributed by atoms with Gasteiger partial charge in [0.1, 0.15) is 5.69 Å². The van der Waals surface area contributed by atoms with E-state index in [2.05, 4.69) is 5.32 Å². The van der Waals surface area contributed by atoms with Crippen molar-refractivity contribution >= 4 is 23.3 Å². The molecule has 0 aliphatic carbocycles. The number of anilines is 1. The van der Waals surface area contributed by atoms with Crippen molar-refractivity contribution in [2.75, 3.05) is 11.9 Å². The third-order valence-electron chi connectivity index (χ3n) is 2.79. The molecule has 108 valence electrons. The maximum absolute atomic E-state index is 11.0. The number of hydrogen-bond acceptors (Lipinski definition) is 5. The summed E-state index contributed by atoms with van der Waals surface area (Å²) in [4.78, 5) is 31.9. The lowest BCUT2D eigenvalue weighted by atomic mass is 10.1. The number of amides is 1. The molecule has 0 aliphatic heterocycles. The van der Waals surface area contributed by atoms with E-state index < -0.39 is 22.7 Å². The van der Waals surface area contributed by atoms with Crippen molar-refractivity contribution in [1.82, 2.24) is 0 Å². The summed E-state index contributed by atoms with van der Waals surface area (Å²) in [6.07, 6.45) is 0.323. The lowest BCUT2D eigenvalue weighted by Gasteiger charge is -2.09. The second-order valence-corrected chi connectivity index (χ2v) is 4.31. The minimum atomic E-state index is -0.926. The molecule has 0 bridgehead atoms. The van der Waals surface area contributed by atoms with E-state index in [0.29, 0.717) is 6.42 Å². The van der Waals surface area contributed by atoms with Gasteiger partial charge in [0.05, 0.1) is 10.8 Å². The summed E-state index contributed by atoms with van der Waals surface area (Å²) in [6, 6.07) is 3.84. The van der Waals surface area contributed by atoms with E-state index in [1.807, 2.05) is 0 Å². The van der Waals surface area contributed by atoms with E-state index in [0.717, 1.165) is 6.07 Å². The fourth-order valence-electron chi connectivity index (χ4n) is 1.53. The molecule has 0 fully saturated rings. The number of rotatable bonds is 7. The Morgan fingerprint density at radius 1 is 1.50 bits per heavy atom. The molecule has 1 unspecified atom stereocenters. The monoisotopic (exact) mass is 281 g/mol. The minimum Gasteiger partial charge on any atom is -0.481 e. The number of aliphatic carboxylic acids is 1. The first-order valence-electron chi connectivity index (χ1n) is 5.88. The SMILES string of the molecule is CC(CCNc1ccc(C(N)=O)cc1[N+](=O)[O-])C(=O)O. The Balaban J connectivity index is 2.82. The third kappa shape index (κ3) is 3.94. The topological polar surface area (TPSA) is 136 Å². The molecule has 8 heteroatoms. The number of benzene rings is 1. The number of primary amides is 1. The second-order valence-electron chi connectivity index (χ2n) is 4.31. The summed E-state index contributed by atoms with van der Waals surface area (Å²) in [5.41, 5.74) is 5.05. The molecule has 0 spiro atoms. The Morgan fingerprint density at radius 2 is 2.15 bits per heavy atom. The molecule has 1 aromatic rings. The van der Waals surface area contributed by atoms with E-state index in [1.54, 1.807) is 6.92 Å². The van der Waals surface area contributed by atoms with Gasteiger partial charge in [0.25, 0.3) is 5.69 Å². The highest BCUT2D eigenvalue weighted by molar-refractivity contribution is 5.94. The van der Waals surface area contributed by atoms with E-state index >= 15 is 0 Å². The summed E-state index contributed by atoms with van der Waals surface area (Å²) in [5, 5.41) is 22.4. The predicted octanol–water partition coefficient (Wildman–Crippen LogP) is 1.22. The number of nitro groups is 1. The van der Waals surface area contributed by atoms with Crippen LogP contribution in [0.2, 0.25) is 0 Å². The number of nitro benzene ring substituents is 1. The van der Waals surface area contributed by atoms with Crippen molar-refractivity contribution in [2.45, 2.75) is 13.3 Å². The summed E-state index contributed by atoms with van der Waals surface area (Å²) < 4.78 is 0. The number of carbonyl (C=O) groups excluding carboxylic acids is 1. The lowest BCUT2D eigenvalue weighted by molar-refractivity contribution is -0.384. The van der Waals surface area contributed by atoms with Crippen LogP contribution in [0.3, 0.4) is 0 Å². The van der Waals surface area contributed by atoms with E-state index in [4.69, 9.17) is 10.8 Å². The summed E-state index contributed by atoms with van der Waals surface area (Å²) in [5.74, 6) is -2.23. The zero-order valence-corrected chi connectivity index (χ0v) is 10.8. The standard InChI is InChI=1S/C12H15N3O5/c1-7(12(17)18)4-5-14-9-3-2-8(11(13)16)6-10(9)15(19)20/h2-3,6-7,14H,4-5H2,1H3,(H2,13,16)(H,17,18). The first-order chi connectivity index (χ1) is 9.32. The molecule has 0 heterocycles. The second kappa shape index (κ2) is 6.50. The zero-order chi connectivity index (χ0) is 15.3. The highest BCUT2D eigenvalue weighted by atomic mass is 16.6. The molecular formula is C12H15N3O5. The molecule has 1 aromatic carbocycles. The summed E-state index contributed by atoms with van der Waals surface area (Å²) in [6.45, 7) is 1.82. The van der Waals surface area contributed by atoms with Crippen molar-refractivity contribution in [3.05, 3.63) is 33.9 Å². The zero-order valence-electron chi connectivity index (χ0n) is 10.8. The fourth-order valence-corrected chi connectivity index (χ4v) is 1.53. The molecule has 0 aliphatic rings. The van der Waals surface area contributed by atoms with Crippen LogP contribution in [0.4, 0.5) is 11.4 Å². The van der Waals surface area contributed by atoms with Gasteiger partial charge < -0.3 is 16.2 Å². The van der Waals surface area contributed by atoms with Crippen molar-refractivity contribution in [1.29, 1.82) is 0 Å². The van der Waals surface area contributed by atoms with Gasteiger partial charge >= 0.3 is 5.97 Å². The Morgan fingerprint density at radius 3 is 2.65 bits per heavy atom. The van der Waals surface area contributed by atoms with Crippen LogP contribution < -0.4 is 11.1 Å². The van der Waals surface area contributed by atoms with Gasteiger partial charge in [-0.1, -0.05) is 6.92 Å². The van der Waals surface area contributed by atoms with Gasteiger partial charge in [-0.05, 0) is 18.6 Å². The Labute approximate surface area is 114 Å². The number of hydrogen-bond donors (Lipinski definition) is 3. The van der Waals surface area contributed by atoms with Gasteiger partial charge in [0.15, 0.2) is 0 Å². The van der Waals surface area contributed by atoms with Crippen LogP contribution in [0.1, 0.15) is 23.7 Å². The third-order valence-corrected chi connectivity index (χ3v) is 2.79. The van der Waals surface area contributed by atoms with Crippen LogP contribution in [0.15, 0.2) is 18.2 Å². The number of carboxylic acids is 1. The van der Waals surface area contributed by atoms with Crippen LogP contribution in [0.5, 0.6) is 0 Å². The normalized spacial score (nSPS) is 11.7. The maximum atomic E-state index is 11.0. The minimum absolute atomic E-state index is 0.0427. The van der Waals surface area contributed by atoms with Gasteiger partial charge in [0, 0.05) is 18.2 Å². The average molecular weight is 281 g/mol. The lowest BCUT2D eigenvalue weighted by Crippen LogP contribution is -2.15. The molecule has 4 N–H and O–H groups in total. The van der Waals surface area contributed by atoms with Crippen LogP contribution in [-0.4, -0.2) is 28.5 Å². The van der Waals surface area contributed by atoms with Crippen molar-refractivity contribution < 1.29 is 19.6 Å². The van der Waals surface area contributed by atoms with Crippen molar-refractivity contribution in [3.63, 3.8) is 0 Å². The predicted molar refractivity (Wildman–Crippen MR) is 71.5 cm³/mol. The van der Waals surface area contributed by atoms with E-state index in [9.17, 15) is 19.7 Å². The van der Waals surface area contributed by atoms with Crippen LogP contribution in [0.25, 0.3) is 0 Å². The molecule has 1 atom stereocenters. The highest BCUT2D eigenvalue weighted by Crippen LogP contribution is 2.25. The molecule has 0 radical (unpaired) electrons. The Hall–Kier alpha value is -2.64. The number of carboxylic acid groups (broad SMARTS) is 1. The van der Waals surface area contributed by atoms with Gasteiger partial charge in [-0.15, -0.1) is 0 Å². The van der Waals surface area contributed by atoms with Crippen molar-refractivity contribution in [2.24, 2.45) is 11.7 Å². The summed E-state index contributed by atoms with van der Waals surface area (Å²) >= 11 is 0. The molecule has 0 saturated carbocycles. The molecule has 1 rings (SSSR count). The number of nitrogens with one attached hydrogen (secondary N) is 1. The quantitative estimate of drug-likeness (QED) is 0.507. The van der Waals surface area contributed by atoms with Crippen LogP contribution in [-0.2, 0) is 4.79 Å². The highest BCUT2D eigenvalue weighted by Gasteiger charge is 2.17. The van der Waals surface area contributed by atoms with E-state index in [1.165, 1.54) is 12.1 Å². The molecule has 8 nitrogen and oxygen atoms in total. The molecule has 20 heavy (non-hydrogen) atoms. The van der Waals surface area contributed by atoms with Gasteiger partial charge in [0.2, 0.25) is 5.91 Å². The number of carbonyl (C=O) groups is 2. The van der Waals surface area contributed by atoms with Gasteiger partial charge in [-0.2, -0.15) is 0 Å². The average Bonchev–Trinajstić information content (AvgIpc) is 2.38. The maximum Gasteiger partial charge on any atom is 0.306 e. The van der Waals surface area contributed by atoms with Crippen LogP contribution in [0, 0.1) is 16.0 Å². The first kappa shape index (κ1) is 15.4. The van der Waals surface area contributed by atoms with Crippen molar-refractivity contribution in [3.8, 4) is 0 Å². The fraction of sp³-hybridized carbons (Fsp3) is 0.333. The van der Waals surface area contributed by atoms with E-state index in [-0.39, 0.29) is 23.5 Å². The molecular weight excluding hydrogens is 266 g/mol. The number of nitrogens with zero attached hydrogens (tertiary/aromatic N) is 1. The smallest absolute Gasteiger partial charge is 0.306 e. The van der Waals surface area contributed by atoms with Gasteiger partial charge in [-0.3, -0.25) is 19.7 Å². The first-order valence-corrected chi connectivity index (χ1v) is 5.88. The molecule has 0 aromatic heterocycles. The largest absolute Gasteiger partial charge is 0.481 e. The molecule has 0 saturated heterocycles. The number of nitrogens with two attached hydrogens (primary N) is 1. The Kier molecular flexibility index (Phi) is 5.01. The van der Waals surface area contributed by atoms with Gasteiger partial charge in [-0.25, -0.2) is 0 Å². The summed E-state index contributed by atoms with van der Waals surface area (Å²) in [7, 11) is 0. The van der Waals surface area contributed by atoms with Crippen LogP contribution >= 0.6 is 0 Å². The Bertz CT molecular complexity index is 544.